The Balaban J connectivity index is 1.91. The molecule has 0 aliphatic rings. The first-order chi connectivity index (χ1) is 11.1. The molecule has 1 amide bonds. The van der Waals surface area contributed by atoms with Crippen LogP contribution >= 0.6 is 15.9 Å². The fourth-order valence-corrected chi connectivity index (χ4v) is 2.26. The van der Waals surface area contributed by atoms with Gasteiger partial charge in [0, 0.05) is 10.2 Å². The van der Waals surface area contributed by atoms with Crippen LogP contribution in [0.5, 0.6) is 11.5 Å². The van der Waals surface area contributed by atoms with Gasteiger partial charge in [-0.25, -0.2) is 0 Å². The first-order valence-electron chi connectivity index (χ1n) is 7.02. The standard InChI is InChI=1S/C17H16BrNO4/c1-2-22-15-6-4-14(5-7-15)19-17(21)11-23-16-8-3-13(18)9-12(16)10-20/h3-10H,2,11H2,1H3,(H,19,21). The first kappa shape index (κ1) is 17.0. The van der Waals surface area contributed by atoms with Crippen LogP contribution in [0, 0.1) is 0 Å². The fraction of sp³-hybridized carbons (Fsp3) is 0.176. The van der Waals surface area contributed by atoms with E-state index in [9.17, 15) is 9.59 Å². The highest BCUT2D eigenvalue weighted by Gasteiger charge is 2.08. The lowest BCUT2D eigenvalue weighted by molar-refractivity contribution is -0.118. The molecule has 120 valence electrons. The van der Waals surface area contributed by atoms with Crippen molar-refractivity contribution in [3.63, 3.8) is 0 Å². The molecule has 0 aliphatic carbocycles. The van der Waals surface area contributed by atoms with Crippen LogP contribution in [0.4, 0.5) is 5.69 Å². The zero-order valence-corrected chi connectivity index (χ0v) is 14.1. The van der Waals surface area contributed by atoms with Crippen LogP contribution in [0.1, 0.15) is 17.3 Å². The van der Waals surface area contributed by atoms with E-state index in [4.69, 9.17) is 9.47 Å². The summed E-state index contributed by atoms with van der Waals surface area (Å²) >= 11 is 3.27. The number of carbonyl (C=O) groups excluding carboxylic acids is 2. The second-order valence-corrected chi connectivity index (χ2v) is 5.51. The maximum absolute atomic E-state index is 11.9. The van der Waals surface area contributed by atoms with Crippen molar-refractivity contribution in [1.82, 2.24) is 0 Å². The molecule has 0 aromatic heterocycles. The van der Waals surface area contributed by atoms with E-state index in [1.807, 2.05) is 6.92 Å². The maximum atomic E-state index is 11.9. The number of rotatable bonds is 7. The Labute approximate surface area is 142 Å². The Morgan fingerprint density at radius 1 is 1.17 bits per heavy atom. The van der Waals surface area contributed by atoms with Gasteiger partial charge in [-0.05, 0) is 49.4 Å². The van der Waals surface area contributed by atoms with E-state index in [0.29, 0.717) is 29.9 Å². The highest BCUT2D eigenvalue weighted by Crippen LogP contribution is 2.22. The second kappa shape index (κ2) is 8.33. The number of nitrogens with one attached hydrogen (secondary N) is 1. The topological polar surface area (TPSA) is 64.6 Å². The lowest BCUT2D eigenvalue weighted by Crippen LogP contribution is -2.20. The summed E-state index contributed by atoms with van der Waals surface area (Å²) in [7, 11) is 0. The molecule has 0 saturated heterocycles. The minimum absolute atomic E-state index is 0.185. The highest BCUT2D eigenvalue weighted by molar-refractivity contribution is 9.10. The molecule has 0 fully saturated rings. The molecule has 6 heteroatoms. The van der Waals surface area contributed by atoms with Gasteiger partial charge in [0.1, 0.15) is 11.5 Å². The highest BCUT2D eigenvalue weighted by atomic mass is 79.9. The lowest BCUT2D eigenvalue weighted by atomic mass is 10.2. The Morgan fingerprint density at radius 2 is 1.91 bits per heavy atom. The summed E-state index contributed by atoms with van der Waals surface area (Å²) in [6.07, 6.45) is 0.685. The molecule has 0 radical (unpaired) electrons. The molecule has 0 aliphatic heterocycles. The molecule has 5 nitrogen and oxygen atoms in total. The van der Waals surface area contributed by atoms with Crippen LogP contribution < -0.4 is 14.8 Å². The average Bonchev–Trinajstić information content (AvgIpc) is 2.55. The van der Waals surface area contributed by atoms with Crippen LogP contribution in [0.3, 0.4) is 0 Å². The number of hydrogen-bond donors (Lipinski definition) is 1. The normalized spacial score (nSPS) is 10.0. The van der Waals surface area contributed by atoms with E-state index in [0.717, 1.165) is 10.2 Å². The van der Waals surface area contributed by atoms with Crippen molar-refractivity contribution < 1.29 is 19.1 Å². The largest absolute Gasteiger partial charge is 0.494 e. The van der Waals surface area contributed by atoms with Gasteiger partial charge in [0.2, 0.25) is 0 Å². The second-order valence-electron chi connectivity index (χ2n) is 4.59. The van der Waals surface area contributed by atoms with Gasteiger partial charge >= 0.3 is 0 Å². The molecule has 0 unspecified atom stereocenters. The van der Waals surface area contributed by atoms with Crippen LogP contribution in [-0.4, -0.2) is 25.4 Å². The Morgan fingerprint density at radius 3 is 2.57 bits per heavy atom. The van der Waals surface area contributed by atoms with Crippen molar-refractivity contribution in [2.75, 3.05) is 18.5 Å². The monoisotopic (exact) mass is 377 g/mol. The van der Waals surface area contributed by atoms with Crippen molar-refractivity contribution >= 4 is 33.8 Å². The predicted molar refractivity (Wildman–Crippen MR) is 91.3 cm³/mol. The van der Waals surface area contributed by atoms with E-state index in [1.165, 1.54) is 0 Å². The number of benzene rings is 2. The molecule has 23 heavy (non-hydrogen) atoms. The first-order valence-corrected chi connectivity index (χ1v) is 7.82. The minimum Gasteiger partial charge on any atom is -0.494 e. The number of hydrogen-bond acceptors (Lipinski definition) is 4. The molecule has 0 saturated carbocycles. The van der Waals surface area contributed by atoms with Crippen LogP contribution in [0.2, 0.25) is 0 Å². The summed E-state index contributed by atoms with van der Waals surface area (Å²) in [5, 5.41) is 2.71. The molecule has 1 N–H and O–H groups in total. The van der Waals surface area contributed by atoms with Gasteiger partial charge in [0.15, 0.2) is 12.9 Å². The molecule has 0 atom stereocenters. The Kier molecular flexibility index (Phi) is 6.17. The SMILES string of the molecule is CCOc1ccc(NC(=O)COc2ccc(Br)cc2C=O)cc1. The summed E-state index contributed by atoms with van der Waals surface area (Å²) in [6.45, 7) is 2.31. The fourth-order valence-electron chi connectivity index (χ4n) is 1.88. The van der Waals surface area contributed by atoms with Gasteiger partial charge in [-0.2, -0.15) is 0 Å². The average molecular weight is 378 g/mol. The van der Waals surface area contributed by atoms with Crippen molar-refractivity contribution in [2.45, 2.75) is 6.92 Å². The molecule has 0 bridgehead atoms. The minimum atomic E-state index is -0.311. The Bertz CT molecular complexity index is 685. The van der Waals surface area contributed by atoms with E-state index in [-0.39, 0.29) is 12.5 Å². The smallest absolute Gasteiger partial charge is 0.262 e. The number of halogens is 1. The van der Waals surface area contributed by atoms with Gasteiger partial charge in [0.05, 0.1) is 12.2 Å². The number of anilines is 1. The van der Waals surface area contributed by atoms with Crippen molar-refractivity contribution in [3.8, 4) is 11.5 Å². The maximum Gasteiger partial charge on any atom is 0.262 e. The molecule has 2 aromatic rings. The number of amides is 1. The Hall–Kier alpha value is -2.34. The van der Waals surface area contributed by atoms with Crippen molar-refractivity contribution in [2.24, 2.45) is 0 Å². The molecular formula is C17H16BrNO4. The summed E-state index contributed by atoms with van der Waals surface area (Å²) in [5.41, 5.74) is 1.03. The predicted octanol–water partition coefficient (Wildman–Crippen LogP) is 3.68. The third-order valence-corrected chi connectivity index (χ3v) is 3.40. The van der Waals surface area contributed by atoms with Crippen LogP contribution in [0.15, 0.2) is 46.9 Å². The number of carbonyl (C=O) groups is 2. The summed E-state index contributed by atoms with van der Waals surface area (Å²) < 4.78 is 11.5. The van der Waals surface area contributed by atoms with E-state index < -0.39 is 0 Å². The van der Waals surface area contributed by atoms with Crippen molar-refractivity contribution in [1.29, 1.82) is 0 Å². The summed E-state index contributed by atoms with van der Waals surface area (Å²) in [6, 6.07) is 12.1. The van der Waals surface area contributed by atoms with E-state index in [2.05, 4.69) is 21.2 Å². The van der Waals surface area contributed by atoms with Gasteiger partial charge in [0.25, 0.3) is 5.91 Å². The molecular weight excluding hydrogens is 362 g/mol. The zero-order valence-electron chi connectivity index (χ0n) is 12.5. The van der Waals surface area contributed by atoms with Crippen LogP contribution in [-0.2, 0) is 4.79 Å². The lowest BCUT2D eigenvalue weighted by Gasteiger charge is -2.10. The van der Waals surface area contributed by atoms with Gasteiger partial charge < -0.3 is 14.8 Å². The third kappa shape index (κ3) is 5.10. The van der Waals surface area contributed by atoms with Gasteiger partial charge in [-0.3, -0.25) is 9.59 Å². The summed E-state index contributed by atoms with van der Waals surface area (Å²) in [5.74, 6) is 0.797. The van der Waals surface area contributed by atoms with Crippen LogP contribution in [0.25, 0.3) is 0 Å². The molecule has 2 rings (SSSR count). The summed E-state index contributed by atoms with van der Waals surface area (Å²) in [4.78, 5) is 22.9. The van der Waals surface area contributed by atoms with E-state index >= 15 is 0 Å². The van der Waals surface area contributed by atoms with Gasteiger partial charge in [-0.1, -0.05) is 15.9 Å². The quantitative estimate of drug-likeness (QED) is 0.747. The number of ether oxygens (including phenoxy) is 2. The molecule has 2 aromatic carbocycles. The van der Waals surface area contributed by atoms with E-state index in [1.54, 1.807) is 42.5 Å². The van der Waals surface area contributed by atoms with Crippen molar-refractivity contribution in [3.05, 3.63) is 52.5 Å². The molecule has 0 heterocycles. The van der Waals surface area contributed by atoms with Gasteiger partial charge in [-0.15, -0.1) is 0 Å². The zero-order chi connectivity index (χ0) is 16.7. The third-order valence-electron chi connectivity index (χ3n) is 2.91. The molecule has 0 spiro atoms. The number of aldehydes is 1.